The van der Waals surface area contributed by atoms with Gasteiger partial charge < -0.3 is 15.2 Å². The molecular weight excluding hydrogens is 394 g/mol. The van der Waals surface area contributed by atoms with E-state index in [2.05, 4.69) is 20.8 Å². The van der Waals surface area contributed by atoms with E-state index < -0.39 is 0 Å². The predicted octanol–water partition coefficient (Wildman–Crippen LogP) is 4.11. The first kappa shape index (κ1) is 20.1. The SMILES string of the molecule is CCC(=O)Nc1ccc(NC(=O)CSc2nnc(-c3cccs3)n2CC)cc1. The van der Waals surface area contributed by atoms with E-state index in [-0.39, 0.29) is 17.6 Å². The quantitative estimate of drug-likeness (QED) is 0.541. The van der Waals surface area contributed by atoms with Crippen LogP contribution in [0, 0.1) is 0 Å². The van der Waals surface area contributed by atoms with Crippen molar-refractivity contribution in [3.63, 3.8) is 0 Å². The van der Waals surface area contributed by atoms with Gasteiger partial charge in [0.25, 0.3) is 0 Å². The van der Waals surface area contributed by atoms with E-state index in [0.717, 1.165) is 22.4 Å². The monoisotopic (exact) mass is 415 g/mol. The van der Waals surface area contributed by atoms with Gasteiger partial charge in [0.2, 0.25) is 11.8 Å². The van der Waals surface area contributed by atoms with Gasteiger partial charge in [-0.3, -0.25) is 9.59 Å². The Bertz CT molecular complexity index is 936. The van der Waals surface area contributed by atoms with Gasteiger partial charge in [0, 0.05) is 24.3 Å². The first-order chi connectivity index (χ1) is 13.6. The van der Waals surface area contributed by atoms with E-state index in [4.69, 9.17) is 0 Å². The summed E-state index contributed by atoms with van der Waals surface area (Å²) in [5, 5.41) is 16.8. The second-order valence-corrected chi connectivity index (χ2v) is 7.73. The highest BCUT2D eigenvalue weighted by molar-refractivity contribution is 7.99. The van der Waals surface area contributed by atoms with Crippen LogP contribution in [0.2, 0.25) is 0 Å². The molecule has 0 aliphatic heterocycles. The minimum Gasteiger partial charge on any atom is -0.326 e. The van der Waals surface area contributed by atoms with Gasteiger partial charge in [0.1, 0.15) is 0 Å². The van der Waals surface area contributed by atoms with E-state index in [1.54, 1.807) is 42.5 Å². The van der Waals surface area contributed by atoms with Crippen molar-refractivity contribution < 1.29 is 9.59 Å². The Morgan fingerprint density at radius 3 is 2.29 bits per heavy atom. The Kier molecular flexibility index (Phi) is 6.83. The van der Waals surface area contributed by atoms with Gasteiger partial charge in [-0.05, 0) is 42.6 Å². The molecule has 0 bridgehead atoms. The van der Waals surface area contributed by atoms with E-state index in [9.17, 15) is 9.59 Å². The van der Waals surface area contributed by atoms with Crippen LogP contribution in [0.15, 0.2) is 46.9 Å². The second kappa shape index (κ2) is 9.52. The third-order valence-corrected chi connectivity index (χ3v) is 5.71. The molecule has 2 amide bonds. The molecule has 0 aliphatic rings. The van der Waals surface area contributed by atoms with Crippen LogP contribution in [0.25, 0.3) is 10.7 Å². The highest BCUT2D eigenvalue weighted by Crippen LogP contribution is 2.27. The van der Waals surface area contributed by atoms with Crippen LogP contribution in [0.3, 0.4) is 0 Å². The smallest absolute Gasteiger partial charge is 0.234 e. The minimum atomic E-state index is -0.126. The van der Waals surface area contributed by atoms with Gasteiger partial charge >= 0.3 is 0 Å². The Morgan fingerprint density at radius 2 is 1.71 bits per heavy atom. The number of benzene rings is 1. The first-order valence-electron chi connectivity index (χ1n) is 8.90. The number of thiophene rings is 1. The lowest BCUT2D eigenvalue weighted by molar-refractivity contribution is -0.116. The molecule has 2 aromatic heterocycles. The van der Waals surface area contributed by atoms with Crippen molar-refractivity contribution in [3.8, 4) is 10.7 Å². The number of carbonyl (C=O) groups is 2. The van der Waals surface area contributed by atoms with Crippen LogP contribution in [0.5, 0.6) is 0 Å². The van der Waals surface area contributed by atoms with Crippen molar-refractivity contribution in [2.45, 2.75) is 32.0 Å². The molecular formula is C19H21N5O2S2. The Labute approximate surface area is 171 Å². The lowest BCUT2D eigenvalue weighted by Gasteiger charge is -2.08. The molecule has 0 spiro atoms. The lowest BCUT2D eigenvalue weighted by atomic mass is 10.2. The van der Waals surface area contributed by atoms with Gasteiger partial charge in [-0.25, -0.2) is 0 Å². The number of anilines is 2. The molecule has 7 nitrogen and oxygen atoms in total. The number of rotatable bonds is 8. The Morgan fingerprint density at radius 1 is 1.04 bits per heavy atom. The molecule has 0 radical (unpaired) electrons. The summed E-state index contributed by atoms with van der Waals surface area (Å²) >= 11 is 2.97. The third kappa shape index (κ3) is 4.99. The number of hydrogen-bond acceptors (Lipinski definition) is 6. The molecule has 3 rings (SSSR count). The van der Waals surface area contributed by atoms with Crippen LogP contribution in [0.4, 0.5) is 11.4 Å². The summed E-state index contributed by atoms with van der Waals surface area (Å²) in [5.41, 5.74) is 1.38. The molecule has 1 aromatic carbocycles. The largest absolute Gasteiger partial charge is 0.326 e. The maximum Gasteiger partial charge on any atom is 0.234 e. The van der Waals surface area contributed by atoms with E-state index in [1.807, 2.05) is 29.0 Å². The fraction of sp³-hybridized carbons (Fsp3) is 0.263. The van der Waals surface area contributed by atoms with Crippen molar-refractivity contribution in [2.24, 2.45) is 0 Å². The average molecular weight is 416 g/mol. The Hall–Kier alpha value is -2.65. The van der Waals surface area contributed by atoms with Gasteiger partial charge in [-0.2, -0.15) is 0 Å². The van der Waals surface area contributed by atoms with Crippen LogP contribution >= 0.6 is 23.1 Å². The number of thioether (sulfide) groups is 1. The highest BCUT2D eigenvalue weighted by Gasteiger charge is 2.15. The lowest BCUT2D eigenvalue weighted by Crippen LogP contribution is -2.15. The summed E-state index contributed by atoms with van der Waals surface area (Å²) in [6, 6.07) is 11.0. The van der Waals surface area contributed by atoms with E-state index in [1.165, 1.54) is 11.8 Å². The number of amides is 2. The maximum atomic E-state index is 12.3. The number of carbonyl (C=O) groups excluding carboxylic acids is 2. The standard InChI is InChI=1S/C19H21N5O2S2/c1-3-16(25)20-13-7-9-14(10-8-13)21-17(26)12-28-19-23-22-18(24(19)4-2)15-6-5-11-27-15/h5-11H,3-4,12H2,1-2H3,(H,20,25)(H,21,26). The molecule has 9 heteroatoms. The predicted molar refractivity (Wildman–Crippen MR) is 114 cm³/mol. The molecule has 2 N–H and O–H groups in total. The topological polar surface area (TPSA) is 88.9 Å². The van der Waals surface area contributed by atoms with Crippen molar-refractivity contribution in [3.05, 3.63) is 41.8 Å². The normalized spacial score (nSPS) is 10.6. The summed E-state index contributed by atoms with van der Waals surface area (Å²) in [5.74, 6) is 0.885. The maximum absolute atomic E-state index is 12.3. The molecule has 0 fully saturated rings. The van der Waals surface area contributed by atoms with Crippen LogP contribution in [0.1, 0.15) is 20.3 Å². The minimum absolute atomic E-state index is 0.0462. The van der Waals surface area contributed by atoms with E-state index >= 15 is 0 Å². The molecule has 2 heterocycles. The molecule has 0 aliphatic carbocycles. The summed E-state index contributed by atoms with van der Waals surface area (Å²) in [6.07, 6.45) is 0.423. The second-order valence-electron chi connectivity index (χ2n) is 5.84. The van der Waals surface area contributed by atoms with Crippen molar-refractivity contribution in [2.75, 3.05) is 16.4 Å². The summed E-state index contributed by atoms with van der Waals surface area (Å²) < 4.78 is 2.01. The summed E-state index contributed by atoms with van der Waals surface area (Å²) in [7, 11) is 0. The molecule has 0 saturated heterocycles. The fourth-order valence-corrected chi connectivity index (χ4v) is 4.00. The van der Waals surface area contributed by atoms with Gasteiger partial charge in [-0.15, -0.1) is 21.5 Å². The summed E-state index contributed by atoms with van der Waals surface area (Å²) in [4.78, 5) is 24.7. The van der Waals surface area contributed by atoms with Crippen LogP contribution in [-0.2, 0) is 16.1 Å². The zero-order chi connectivity index (χ0) is 19.9. The van der Waals surface area contributed by atoms with Crippen molar-refractivity contribution in [1.29, 1.82) is 0 Å². The molecule has 0 saturated carbocycles. The van der Waals surface area contributed by atoms with Gasteiger partial charge in [0.15, 0.2) is 11.0 Å². The van der Waals surface area contributed by atoms with Crippen LogP contribution < -0.4 is 10.6 Å². The highest BCUT2D eigenvalue weighted by atomic mass is 32.2. The zero-order valence-electron chi connectivity index (χ0n) is 15.6. The molecule has 0 atom stereocenters. The Balaban J connectivity index is 1.57. The summed E-state index contributed by atoms with van der Waals surface area (Å²) in [6.45, 7) is 4.56. The van der Waals surface area contributed by atoms with Crippen molar-refractivity contribution >= 4 is 46.3 Å². The number of aromatic nitrogens is 3. The van der Waals surface area contributed by atoms with Crippen molar-refractivity contribution in [1.82, 2.24) is 14.8 Å². The average Bonchev–Trinajstić information content (AvgIpc) is 3.36. The molecule has 28 heavy (non-hydrogen) atoms. The number of nitrogens with zero attached hydrogens (tertiary/aromatic N) is 3. The number of hydrogen-bond donors (Lipinski definition) is 2. The molecule has 3 aromatic rings. The van der Waals surface area contributed by atoms with Crippen LogP contribution in [-0.4, -0.2) is 32.3 Å². The fourth-order valence-electron chi connectivity index (χ4n) is 2.48. The zero-order valence-corrected chi connectivity index (χ0v) is 17.3. The first-order valence-corrected chi connectivity index (χ1v) is 10.8. The number of nitrogens with one attached hydrogen (secondary N) is 2. The molecule has 146 valence electrons. The van der Waals surface area contributed by atoms with E-state index in [0.29, 0.717) is 17.8 Å². The molecule has 0 unspecified atom stereocenters. The third-order valence-electron chi connectivity index (χ3n) is 3.88. The van der Waals surface area contributed by atoms with Gasteiger partial charge in [0.05, 0.1) is 10.6 Å². The van der Waals surface area contributed by atoms with Gasteiger partial charge in [-0.1, -0.05) is 24.8 Å².